The van der Waals surface area contributed by atoms with E-state index in [-0.39, 0.29) is 29.1 Å². The maximum atomic E-state index is 12.6. The smallest absolute Gasteiger partial charge is 0.339 e. The van der Waals surface area contributed by atoms with Crippen LogP contribution in [0, 0.1) is 12.3 Å². The molecule has 178 valence electrons. The molecule has 0 spiro atoms. The van der Waals surface area contributed by atoms with Gasteiger partial charge in [0, 0.05) is 17.5 Å². The van der Waals surface area contributed by atoms with E-state index in [1.54, 1.807) is 31.2 Å². The fourth-order valence-electron chi connectivity index (χ4n) is 3.78. The minimum Gasteiger partial charge on any atom is -0.507 e. The molecular weight excluding hydrogens is 432 g/mol. The summed E-state index contributed by atoms with van der Waals surface area (Å²) in [6.07, 6.45) is 0.333. The lowest BCUT2D eigenvalue weighted by molar-refractivity contribution is 0.0693. The highest BCUT2D eigenvalue weighted by Gasteiger charge is 2.22. The van der Waals surface area contributed by atoms with E-state index in [9.17, 15) is 19.8 Å². The zero-order chi connectivity index (χ0) is 25.0. The van der Waals surface area contributed by atoms with Crippen molar-refractivity contribution in [1.29, 1.82) is 0 Å². The van der Waals surface area contributed by atoms with Gasteiger partial charge in [0.1, 0.15) is 29.4 Å². The number of hydrogen-bond donors (Lipinski definition) is 2. The van der Waals surface area contributed by atoms with E-state index in [1.807, 2.05) is 45.0 Å². The van der Waals surface area contributed by atoms with Crippen molar-refractivity contribution in [2.75, 3.05) is 7.11 Å². The minimum atomic E-state index is -1.06. The lowest BCUT2D eigenvalue weighted by Crippen LogP contribution is -2.13. The summed E-state index contributed by atoms with van der Waals surface area (Å²) < 4.78 is 11.3. The molecule has 6 nitrogen and oxygen atoms in total. The summed E-state index contributed by atoms with van der Waals surface area (Å²) in [6.45, 7) is 7.89. The van der Waals surface area contributed by atoms with E-state index in [2.05, 4.69) is 0 Å². The van der Waals surface area contributed by atoms with Gasteiger partial charge in [0.25, 0.3) is 0 Å². The van der Waals surface area contributed by atoms with Gasteiger partial charge in [-0.25, -0.2) is 4.79 Å². The van der Waals surface area contributed by atoms with Crippen LogP contribution in [0.3, 0.4) is 0 Å². The summed E-state index contributed by atoms with van der Waals surface area (Å²) in [5.41, 5.74) is 3.04. The number of phenols is 1. The van der Waals surface area contributed by atoms with Crippen LogP contribution in [-0.4, -0.2) is 29.1 Å². The Labute approximate surface area is 199 Å². The Morgan fingerprint density at radius 3 is 2.32 bits per heavy atom. The molecule has 0 saturated carbocycles. The molecule has 0 aromatic heterocycles. The number of para-hydroxylation sites is 1. The number of aromatic carboxylic acids is 1. The van der Waals surface area contributed by atoms with Crippen molar-refractivity contribution < 1.29 is 29.3 Å². The summed E-state index contributed by atoms with van der Waals surface area (Å²) >= 11 is 0. The van der Waals surface area contributed by atoms with Crippen LogP contribution in [0.2, 0.25) is 0 Å². The second-order valence-corrected chi connectivity index (χ2v) is 9.43. The van der Waals surface area contributed by atoms with Crippen molar-refractivity contribution >= 4 is 11.8 Å². The third-order valence-electron chi connectivity index (χ3n) is 5.45. The zero-order valence-corrected chi connectivity index (χ0v) is 20.1. The fraction of sp³-hybridized carbons (Fsp3) is 0.286. The lowest BCUT2D eigenvalue weighted by Gasteiger charge is -2.18. The summed E-state index contributed by atoms with van der Waals surface area (Å²) in [7, 11) is 1.45. The molecule has 0 fully saturated rings. The van der Waals surface area contributed by atoms with Gasteiger partial charge >= 0.3 is 5.97 Å². The van der Waals surface area contributed by atoms with Crippen molar-refractivity contribution in [3.8, 4) is 28.4 Å². The molecule has 0 aliphatic rings. The molecule has 3 aromatic rings. The Kier molecular flexibility index (Phi) is 7.30. The summed E-state index contributed by atoms with van der Waals surface area (Å²) in [5, 5.41) is 20.1. The molecule has 34 heavy (non-hydrogen) atoms. The predicted octanol–water partition coefficient (Wildman–Crippen LogP) is 6.27. The van der Waals surface area contributed by atoms with E-state index in [1.165, 1.54) is 13.2 Å². The van der Waals surface area contributed by atoms with Crippen LogP contribution < -0.4 is 9.47 Å². The van der Waals surface area contributed by atoms with Gasteiger partial charge in [-0.05, 0) is 47.7 Å². The molecule has 3 rings (SSSR count). The van der Waals surface area contributed by atoms with E-state index in [0.717, 1.165) is 11.1 Å². The third-order valence-corrected chi connectivity index (χ3v) is 5.45. The minimum absolute atomic E-state index is 0.0595. The summed E-state index contributed by atoms with van der Waals surface area (Å²) in [6, 6.07) is 15.8. The molecule has 0 heterocycles. The number of rotatable bonds is 8. The Morgan fingerprint density at radius 1 is 0.971 bits per heavy atom. The average molecular weight is 463 g/mol. The lowest BCUT2D eigenvalue weighted by atomic mass is 9.87. The number of methoxy groups -OCH3 is 1. The van der Waals surface area contributed by atoms with Crippen LogP contribution in [0.4, 0.5) is 0 Å². The Hall–Kier alpha value is -3.80. The summed E-state index contributed by atoms with van der Waals surface area (Å²) in [4.78, 5) is 24.1. The first-order chi connectivity index (χ1) is 16.0. The molecular formula is C28H30O6. The number of carbonyl (C=O) groups excluding carboxylic acids is 1. The van der Waals surface area contributed by atoms with Gasteiger partial charge in [0.15, 0.2) is 5.78 Å². The second kappa shape index (κ2) is 10.00. The second-order valence-electron chi connectivity index (χ2n) is 9.43. The molecule has 0 aliphatic heterocycles. The Balaban J connectivity index is 1.83. The van der Waals surface area contributed by atoms with Crippen LogP contribution >= 0.6 is 0 Å². The zero-order valence-electron chi connectivity index (χ0n) is 20.1. The maximum absolute atomic E-state index is 12.6. The van der Waals surface area contributed by atoms with Gasteiger partial charge < -0.3 is 19.7 Å². The highest BCUT2D eigenvalue weighted by Crippen LogP contribution is 2.35. The Bertz CT molecular complexity index is 1220. The number of benzene rings is 3. The van der Waals surface area contributed by atoms with E-state index in [0.29, 0.717) is 34.6 Å². The highest BCUT2D eigenvalue weighted by molar-refractivity contribution is 5.99. The number of ketones is 1. The van der Waals surface area contributed by atoms with Gasteiger partial charge in [-0.15, -0.1) is 0 Å². The number of carboxylic acids is 1. The number of hydrogen-bond acceptors (Lipinski definition) is 5. The molecule has 2 N–H and O–H groups in total. The predicted molar refractivity (Wildman–Crippen MR) is 131 cm³/mol. The van der Waals surface area contributed by atoms with Crippen molar-refractivity contribution in [1.82, 2.24) is 0 Å². The molecule has 0 saturated heterocycles. The number of ether oxygens (including phenoxy) is 2. The molecule has 0 atom stereocenters. The molecule has 6 heteroatoms. The van der Waals surface area contributed by atoms with Crippen LogP contribution in [0.25, 0.3) is 11.1 Å². The first kappa shape index (κ1) is 24.8. The van der Waals surface area contributed by atoms with Gasteiger partial charge in [0.05, 0.1) is 12.7 Å². The third kappa shape index (κ3) is 5.57. The number of carboxylic acid groups (broad SMARTS) is 1. The largest absolute Gasteiger partial charge is 0.507 e. The molecule has 3 aromatic carbocycles. The number of Topliss-reactive ketones (excluding diaryl/α,β-unsaturated/α-hetero) is 1. The van der Waals surface area contributed by atoms with Crippen molar-refractivity contribution in [2.45, 2.75) is 40.7 Å². The molecule has 0 aliphatic carbocycles. The summed E-state index contributed by atoms with van der Waals surface area (Å²) in [5.74, 6) is -0.441. The fourth-order valence-corrected chi connectivity index (χ4v) is 3.78. The van der Waals surface area contributed by atoms with E-state index >= 15 is 0 Å². The average Bonchev–Trinajstić information content (AvgIpc) is 2.78. The van der Waals surface area contributed by atoms with Crippen LogP contribution in [0.1, 0.15) is 59.0 Å². The standard InChI is InChI=1S/C28H30O6/c1-17-24(13-12-21(25(17)30)23(29)15-28(2,3)4)34-16-18-8-6-9-19(14-18)20-10-7-11-22(27(31)32)26(20)33-5/h6-14,30H,15-16H2,1-5H3,(H,31,32). The number of aromatic hydroxyl groups is 1. The quantitative estimate of drug-likeness (QED) is 0.383. The van der Waals surface area contributed by atoms with E-state index < -0.39 is 5.97 Å². The molecule has 0 amide bonds. The Morgan fingerprint density at radius 2 is 1.68 bits per heavy atom. The van der Waals surface area contributed by atoms with Crippen LogP contribution in [0.15, 0.2) is 54.6 Å². The normalized spacial score (nSPS) is 11.2. The SMILES string of the molecule is COc1c(C(=O)O)cccc1-c1cccc(COc2ccc(C(=O)CC(C)(C)C)c(O)c2C)c1. The van der Waals surface area contributed by atoms with Crippen molar-refractivity contribution in [3.63, 3.8) is 0 Å². The molecule has 0 unspecified atom stereocenters. The van der Waals surface area contributed by atoms with Gasteiger partial charge in [-0.3, -0.25) is 4.79 Å². The van der Waals surface area contributed by atoms with Crippen molar-refractivity contribution in [3.05, 3.63) is 76.9 Å². The first-order valence-electron chi connectivity index (χ1n) is 11.0. The van der Waals surface area contributed by atoms with Crippen LogP contribution in [-0.2, 0) is 6.61 Å². The van der Waals surface area contributed by atoms with Crippen molar-refractivity contribution in [2.24, 2.45) is 5.41 Å². The first-order valence-corrected chi connectivity index (χ1v) is 11.0. The topological polar surface area (TPSA) is 93.1 Å². The van der Waals surface area contributed by atoms with Crippen LogP contribution in [0.5, 0.6) is 17.2 Å². The molecule has 0 bridgehead atoms. The van der Waals surface area contributed by atoms with Gasteiger partial charge in [-0.2, -0.15) is 0 Å². The van der Waals surface area contributed by atoms with Gasteiger partial charge in [0.2, 0.25) is 0 Å². The number of phenolic OH excluding ortho intramolecular Hbond substituents is 1. The van der Waals surface area contributed by atoms with Gasteiger partial charge in [-0.1, -0.05) is 51.1 Å². The molecule has 0 radical (unpaired) electrons. The number of carbonyl (C=O) groups is 2. The highest BCUT2D eigenvalue weighted by atomic mass is 16.5. The van der Waals surface area contributed by atoms with E-state index in [4.69, 9.17) is 9.47 Å². The monoisotopic (exact) mass is 462 g/mol. The maximum Gasteiger partial charge on any atom is 0.339 e.